The fourth-order valence-electron chi connectivity index (χ4n) is 2.36. The van der Waals surface area contributed by atoms with Gasteiger partial charge in [-0.05, 0) is 31.0 Å². The first-order valence-corrected chi connectivity index (χ1v) is 8.06. The average molecular weight is 321 g/mol. The topological polar surface area (TPSA) is 84.9 Å². The number of hydrogen-bond acceptors (Lipinski definition) is 4. The second kappa shape index (κ2) is 9.02. The van der Waals surface area contributed by atoms with E-state index in [0.29, 0.717) is 43.2 Å². The Hall–Kier alpha value is -2.24. The molecule has 1 aliphatic rings. The Labute approximate surface area is 135 Å². The molecule has 2 N–H and O–H groups in total. The summed E-state index contributed by atoms with van der Waals surface area (Å²) in [5.74, 6) is 0.403. The van der Waals surface area contributed by atoms with E-state index in [1.807, 2.05) is 0 Å². The number of hydrogen-bond donors (Lipinski definition) is 2. The monoisotopic (exact) mass is 321 g/mol. The van der Waals surface area contributed by atoms with Crippen molar-refractivity contribution >= 4 is 11.9 Å². The summed E-state index contributed by atoms with van der Waals surface area (Å²) in [6, 6.07) is 5.21. The summed E-state index contributed by atoms with van der Waals surface area (Å²) in [6.07, 6.45) is 4.35. The largest absolute Gasteiger partial charge is 0.490 e. The molecule has 0 atom stereocenters. The highest BCUT2D eigenvalue weighted by Gasteiger charge is 2.13. The maximum Gasteiger partial charge on any atom is 0.303 e. The van der Waals surface area contributed by atoms with Crippen molar-refractivity contribution in [2.45, 2.75) is 38.5 Å². The molecule has 23 heavy (non-hydrogen) atoms. The highest BCUT2D eigenvalue weighted by molar-refractivity contribution is 5.94. The molecule has 0 unspecified atom stereocenters. The highest BCUT2D eigenvalue weighted by atomic mass is 16.5. The van der Waals surface area contributed by atoms with Gasteiger partial charge in [0.1, 0.15) is 0 Å². The minimum atomic E-state index is -0.757. The van der Waals surface area contributed by atoms with Gasteiger partial charge >= 0.3 is 5.97 Å². The quantitative estimate of drug-likeness (QED) is 0.719. The normalized spacial score (nSPS) is 13.2. The Balaban J connectivity index is 1.71. The first-order chi connectivity index (χ1) is 11.2. The lowest BCUT2D eigenvalue weighted by molar-refractivity contribution is -0.137. The molecule has 1 aliphatic heterocycles. The van der Waals surface area contributed by atoms with Gasteiger partial charge in [0.15, 0.2) is 11.5 Å². The van der Waals surface area contributed by atoms with Crippen molar-refractivity contribution in [3.63, 3.8) is 0 Å². The van der Waals surface area contributed by atoms with Gasteiger partial charge in [-0.3, -0.25) is 9.59 Å². The Morgan fingerprint density at radius 3 is 2.57 bits per heavy atom. The van der Waals surface area contributed by atoms with Crippen LogP contribution in [0.15, 0.2) is 18.2 Å². The van der Waals surface area contributed by atoms with Gasteiger partial charge in [0.25, 0.3) is 5.91 Å². The molecule has 1 amide bonds. The van der Waals surface area contributed by atoms with E-state index in [-0.39, 0.29) is 12.3 Å². The van der Waals surface area contributed by atoms with E-state index in [1.54, 1.807) is 18.2 Å². The van der Waals surface area contributed by atoms with Crippen molar-refractivity contribution in [1.29, 1.82) is 0 Å². The van der Waals surface area contributed by atoms with Crippen molar-refractivity contribution in [3.8, 4) is 11.5 Å². The number of aliphatic carboxylic acids is 1. The smallest absolute Gasteiger partial charge is 0.303 e. The summed E-state index contributed by atoms with van der Waals surface area (Å²) < 4.78 is 11.1. The van der Waals surface area contributed by atoms with Crippen LogP contribution in [-0.4, -0.2) is 36.7 Å². The fourth-order valence-corrected chi connectivity index (χ4v) is 2.36. The molecular weight excluding hydrogens is 298 g/mol. The second-order valence-corrected chi connectivity index (χ2v) is 5.53. The van der Waals surface area contributed by atoms with Crippen LogP contribution in [0.1, 0.15) is 48.9 Å². The van der Waals surface area contributed by atoms with E-state index in [2.05, 4.69) is 5.32 Å². The van der Waals surface area contributed by atoms with E-state index < -0.39 is 5.97 Å². The number of amides is 1. The maximum absolute atomic E-state index is 12.1. The molecule has 6 nitrogen and oxygen atoms in total. The van der Waals surface area contributed by atoms with Crippen LogP contribution in [0.25, 0.3) is 0 Å². The third-order valence-corrected chi connectivity index (χ3v) is 3.61. The fraction of sp³-hybridized carbons (Fsp3) is 0.529. The number of carboxylic acids is 1. The standard InChI is InChI=1S/C17H23NO5/c19-16(20)6-3-1-2-4-9-18-17(21)13-7-8-14-15(12-13)23-11-5-10-22-14/h7-8,12H,1-6,9-11H2,(H,18,21)(H,19,20). The maximum atomic E-state index is 12.1. The molecule has 0 saturated heterocycles. The Kier molecular flexibility index (Phi) is 6.72. The van der Waals surface area contributed by atoms with Crippen LogP contribution in [0.4, 0.5) is 0 Å². The summed E-state index contributed by atoms with van der Waals surface area (Å²) in [5, 5.41) is 11.4. The first kappa shape index (κ1) is 17.1. The number of ether oxygens (including phenoxy) is 2. The van der Waals surface area contributed by atoms with E-state index in [1.165, 1.54) is 0 Å². The number of benzene rings is 1. The predicted molar refractivity (Wildman–Crippen MR) is 85.1 cm³/mol. The van der Waals surface area contributed by atoms with Crippen LogP contribution in [0.3, 0.4) is 0 Å². The summed E-state index contributed by atoms with van der Waals surface area (Å²) >= 11 is 0. The lowest BCUT2D eigenvalue weighted by Crippen LogP contribution is -2.24. The minimum Gasteiger partial charge on any atom is -0.490 e. The van der Waals surface area contributed by atoms with Gasteiger partial charge < -0.3 is 19.9 Å². The van der Waals surface area contributed by atoms with Crippen LogP contribution in [0.2, 0.25) is 0 Å². The summed E-state index contributed by atoms with van der Waals surface area (Å²) in [6.45, 7) is 1.80. The molecule has 126 valence electrons. The van der Waals surface area contributed by atoms with E-state index >= 15 is 0 Å². The zero-order valence-corrected chi connectivity index (χ0v) is 13.2. The van der Waals surface area contributed by atoms with Crippen molar-refractivity contribution in [3.05, 3.63) is 23.8 Å². The predicted octanol–water partition coefficient (Wildman–Crippen LogP) is 2.61. The second-order valence-electron chi connectivity index (χ2n) is 5.53. The van der Waals surface area contributed by atoms with Gasteiger partial charge in [-0.15, -0.1) is 0 Å². The molecule has 2 rings (SSSR count). The van der Waals surface area contributed by atoms with Crippen LogP contribution in [0, 0.1) is 0 Å². The molecule has 0 aromatic heterocycles. The molecule has 0 radical (unpaired) electrons. The van der Waals surface area contributed by atoms with Crippen molar-refractivity contribution < 1.29 is 24.2 Å². The van der Waals surface area contributed by atoms with E-state index in [4.69, 9.17) is 14.6 Å². The molecule has 1 aromatic rings. The molecule has 0 bridgehead atoms. The SMILES string of the molecule is O=C(O)CCCCCCNC(=O)c1ccc2c(c1)OCCCO2. The third-order valence-electron chi connectivity index (χ3n) is 3.61. The molecular formula is C17H23NO5. The van der Waals surface area contributed by atoms with Gasteiger partial charge in [-0.2, -0.15) is 0 Å². The van der Waals surface area contributed by atoms with Crippen LogP contribution in [0.5, 0.6) is 11.5 Å². The van der Waals surface area contributed by atoms with Gasteiger partial charge in [0, 0.05) is 24.9 Å². The first-order valence-electron chi connectivity index (χ1n) is 8.06. The molecule has 0 spiro atoms. The Morgan fingerprint density at radius 1 is 1.04 bits per heavy atom. The average Bonchev–Trinajstić information content (AvgIpc) is 2.78. The van der Waals surface area contributed by atoms with Crippen molar-refractivity contribution in [1.82, 2.24) is 5.32 Å². The summed E-state index contributed by atoms with van der Waals surface area (Å²) in [4.78, 5) is 22.5. The van der Waals surface area contributed by atoms with Gasteiger partial charge in [-0.1, -0.05) is 12.8 Å². The number of rotatable bonds is 8. The lowest BCUT2D eigenvalue weighted by atomic mass is 10.1. The number of fused-ring (bicyclic) bond motifs is 1. The number of carbonyl (C=O) groups excluding carboxylic acids is 1. The van der Waals surface area contributed by atoms with E-state index in [0.717, 1.165) is 25.7 Å². The number of carbonyl (C=O) groups is 2. The zero-order valence-electron chi connectivity index (χ0n) is 13.2. The summed E-state index contributed by atoms with van der Waals surface area (Å²) in [7, 11) is 0. The molecule has 0 saturated carbocycles. The van der Waals surface area contributed by atoms with Crippen molar-refractivity contribution in [2.24, 2.45) is 0 Å². The molecule has 0 aliphatic carbocycles. The number of nitrogens with one attached hydrogen (secondary N) is 1. The molecule has 1 aromatic carbocycles. The minimum absolute atomic E-state index is 0.133. The van der Waals surface area contributed by atoms with Crippen LogP contribution in [-0.2, 0) is 4.79 Å². The Bertz CT molecular complexity index is 544. The van der Waals surface area contributed by atoms with Gasteiger partial charge in [0.05, 0.1) is 13.2 Å². The Morgan fingerprint density at radius 2 is 1.78 bits per heavy atom. The van der Waals surface area contributed by atoms with Crippen molar-refractivity contribution in [2.75, 3.05) is 19.8 Å². The van der Waals surface area contributed by atoms with Crippen LogP contribution < -0.4 is 14.8 Å². The van der Waals surface area contributed by atoms with E-state index in [9.17, 15) is 9.59 Å². The molecule has 0 fully saturated rings. The van der Waals surface area contributed by atoms with Crippen LogP contribution >= 0.6 is 0 Å². The third kappa shape index (κ3) is 5.81. The number of carboxylic acid groups (broad SMARTS) is 1. The summed E-state index contributed by atoms with van der Waals surface area (Å²) in [5.41, 5.74) is 0.556. The molecule has 6 heteroatoms. The van der Waals surface area contributed by atoms with Gasteiger partial charge in [0.2, 0.25) is 0 Å². The van der Waals surface area contributed by atoms with Gasteiger partial charge in [-0.25, -0.2) is 0 Å². The molecule has 1 heterocycles. The number of unbranched alkanes of at least 4 members (excludes halogenated alkanes) is 3. The zero-order chi connectivity index (χ0) is 16.5. The highest BCUT2D eigenvalue weighted by Crippen LogP contribution is 2.30. The lowest BCUT2D eigenvalue weighted by Gasteiger charge is -2.10.